The second kappa shape index (κ2) is 8.74. The van der Waals surface area contributed by atoms with Gasteiger partial charge in [-0.05, 0) is 62.6 Å². The first kappa shape index (κ1) is 20.8. The third-order valence-electron chi connectivity index (χ3n) is 5.27. The molecule has 31 heavy (non-hydrogen) atoms. The third kappa shape index (κ3) is 4.67. The number of hydrogen-bond acceptors (Lipinski definition) is 4. The fraction of sp³-hybridized carbons (Fsp3) is 0.154. The van der Waals surface area contributed by atoms with Gasteiger partial charge in [-0.3, -0.25) is 4.79 Å². The van der Waals surface area contributed by atoms with Gasteiger partial charge >= 0.3 is 0 Å². The molecule has 5 heteroatoms. The molecule has 0 spiro atoms. The number of nitrogens with one attached hydrogen (secondary N) is 2. The fourth-order valence-corrected chi connectivity index (χ4v) is 4.29. The van der Waals surface area contributed by atoms with Crippen LogP contribution >= 0.6 is 11.3 Å². The molecule has 0 aliphatic heterocycles. The largest absolute Gasteiger partial charge is 0.331 e. The number of benzene rings is 3. The first-order valence-electron chi connectivity index (χ1n) is 10.2. The molecule has 1 heterocycles. The first-order chi connectivity index (χ1) is 14.9. The van der Waals surface area contributed by atoms with E-state index in [0.29, 0.717) is 15.7 Å². The minimum Gasteiger partial charge on any atom is -0.331 e. The smallest absolute Gasteiger partial charge is 0.268 e. The lowest BCUT2D eigenvalue weighted by Crippen LogP contribution is -2.11. The van der Waals surface area contributed by atoms with Crippen molar-refractivity contribution < 1.29 is 4.79 Å². The second-order valence-electron chi connectivity index (χ2n) is 7.76. The van der Waals surface area contributed by atoms with Crippen LogP contribution in [0, 0.1) is 27.7 Å². The average Bonchev–Trinajstić information content (AvgIpc) is 3.17. The molecule has 156 valence electrons. The second-order valence-corrected chi connectivity index (χ2v) is 8.76. The Balaban J connectivity index is 1.69. The van der Waals surface area contributed by atoms with Gasteiger partial charge in [0, 0.05) is 16.9 Å². The Kier molecular flexibility index (Phi) is 5.87. The maximum atomic E-state index is 13.2. The molecule has 1 amide bonds. The van der Waals surface area contributed by atoms with Crippen molar-refractivity contribution in [2.45, 2.75) is 27.7 Å². The van der Waals surface area contributed by atoms with Gasteiger partial charge in [-0.25, -0.2) is 4.98 Å². The monoisotopic (exact) mass is 427 g/mol. The highest BCUT2D eigenvalue weighted by atomic mass is 32.1. The van der Waals surface area contributed by atoms with Gasteiger partial charge in [-0.1, -0.05) is 65.4 Å². The summed E-state index contributed by atoms with van der Waals surface area (Å²) in [5.41, 5.74) is 8.04. The number of amides is 1. The summed E-state index contributed by atoms with van der Waals surface area (Å²) < 4.78 is 0. The molecule has 0 atom stereocenters. The Labute approximate surface area is 187 Å². The fourth-order valence-electron chi connectivity index (χ4n) is 3.40. The third-order valence-corrected chi connectivity index (χ3v) is 6.24. The van der Waals surface area contributed by atoms with E-state index in [1.807, 2.05) is 61.5 Å². The minimum atomic E-state index is -0.159. The van der Waals surface area contributed by atoms with Crippen LogP contribution in [-0.4, -0.2) is 10.9 Å². The highest BCUT2D eigenvalue weighted by Gasteiger charge is 2.20. The highest BCUT2D eigenvalue weighted by molar-refractivity contribution is 7.18. The summed E-state index contributed by atoms with van der Waals surface area (Å²) in [4.78, 5) is 18.6. The number of rotatable bonds is 5. The zero-order valence-corrected chi connectivity index (χ0v) is 18.9. The number of thiazole rings is 1. The molecule has 4 rings (SSSR count). The van der Waals surface area contributed by atoms with E-state index in [9.17, 15) is 4.79 Å². The minimum absolute atomic E-state index is 0.159. The molecular formula is C26H25N3OS. The Morgan fingerprint density at radius 2 is 1.61 bits per heavy atom. The zero-order valence-electron chi connectivity index (χ0n) is 18.1. The Hall–Kier alpha value is -3.44. The van der Waals surface area contributed by atoms with Gasteiger partial charge in [0.2, 0.25) is 0 Å². The van der Waals surface area contributed by atoms with Gasteiger partial charge in [0.05, 0.1) is 5.69 Å². The summed E-state index contributed by atoms with van der Waals surface area (Å²) in [6.07, 6.45) is 0. The summed E-state index contributed by atoms with van der Waals surface area (Å²) >= 11 is 1.36. The van der Waals surface area contributed by atoms with Crippen LogP contribution in [0.25, 0.3) is 11.3 Å². The van der Waals surface area contributed by atoms with Gasteiger partial charge in [0.1, 0.15) is 4.88 Å². The summed E-state index contributed by atoms with van der Waals surface area (Å²) in [6.45, 7) is 8.24. The van der Waals surface area contributed by atoms with Crippen LogP contribution in [0.4, 0.5) is 16.5 Å². The Morgan fingerprint density at radius 3 is 2.32 bits per heavy atom. The van der Waals surface area contributed by atoms with Gasteiger partial charge in [0.25, 0.3) is 5.91 Å². The topological polar surface area (TPSA) is 54.0 Å². The van der Waals surface area contributed by atoms with Crippen LogP contribution in [0.3, 0.4) is 0 Å². The van der Waals surface area contributed by atoms with Crippen LogP contribution in [0.2, 0.25) is 0 Å². The molecule has 4 aromatic rings. The van der Waals surface area contributed by atoms with Crippen molar-refractivity contribution in [3.05, 3.63) is 93.9 Å². The van der Waals surface area contributed by atoms with Gasteiger partial charge in [-0.15, -0.1) is 0 Å². The number of aryl methyl sites for hydroxylation is 4. The first-order valence-corrected chi connectivity index (χ1v) is 11.0. The van der Waals surface area contributed by atoms with Crippen LogP contribution in [0.15, 0.2) is 66.7 Å². The van der Waals surface area contributed by atoms with Crippen molar-refractivity contribution >= 4 is 33.8 Å². The SMILES string of the molecule is Cc1ccc(Nc2nc(-c3ccccc3)c(C(=O)Nc3ccc(C)c(C)c3)s2)c(C)c1. The van der Waals surface area contributed by atoms with Crippen molar-refractivity contribution in [3.8, 4) is 11.3 Å². The predicted molar refractivity (Wildman–Crippen MR) is 131 cm³/mol. The van der Waals surface area contributed by atoms with Crippen molar-refractivity contribution in [2.24, 2.45) is 0 Å². The summed E-state index contributed by atoms with van der Waals surface area (Å²) in [5.74, 6) is -0.159. The van der Waals surface area contributed by atoms with Gasteiger partial charge in [0.15, 0.2) is 5.13 Å². The van der Waals surface area contributed by atoms with E-state index < -0.39 is 0 Å². The number of hydrogen-bond donors (Lipinski definition) is 2. The number of carbonyl (C=O) groups excluding carboxylic acids is 1. The normalized spacial score (nSPS) is 10.7. The molecule has 0 bridgehead atoms. The zero-order chi connectivity index (χ0) is 22.0. The Bertz CT molecular complexity index is 1250. The maximum absolute atomic E-state index is 13.2. The number of aromatic nitrogens is 1. The van der Waals surface area contributed by atoms with E-state index in [2.05, 4.69) is 43.5 Å². The summed E-state index contributed by atoms with van der Waals surface area (Å²) in [7, 11) is 0. The van der Waals surface area contributed by atoms with Crippen LogP contribution in [0.5, 0.6) is 0 Å². The maximum Gasteiger partial charge on any atom is 0.268 e. The van der Waals surface area contributed by atoms with Crippen molar-refractivity contribution in [1.29, 1.82) is 0 Å². The molecular weight excluding hydrogens is 402 g/mol. The lowest BCUT2D eigenvalue weighted by Gasteiger charge is -2.08. The van der Waals surface area contributed by atoms with E-state index in [4.69, 9.17) is 4.98 Å². The van der Waals surface area contributed by atoms with Crippen LogP contribution in [-0.2, 0) is 0 Å². The molecule has 3 aromatic carbocycles. The van der Waals surface area contributed by atoms with Gasteiger partial charge < -0.3 is 10.6 Å². The van der Waals surface area contributed by atoms with E-state index >= 15 is 0 Å². The van der Waals surface area contributed by atoms with Crippen LogP contribution in [0.1, 0.15) is 31.9 Å². The standard InChI is InChI=1S/C26H25N3OS/c1-16-10-13-22(19(4)14-16)28-26-29-23(20-8-6-5-7-9-20)24(31-26)25(30)27-21-12-11-17(2)18(3)15-21/h5-15H,1-4H3,(H,27,30)(H,28,29). The molecule has 0 saturated carbocycles. The summed E-state index contributed by atoms with van der Waals surface area (Å²) in [5, 5.41) is 7.12. The number of anilines is 3. The van der Waals surface area contributed by atoms with E-state index in [1.54, 1.807) is 0 Å². The van der Waals surface area contributed by atoms with Gasteiger partial charge in [-0.2, -0.15) is 0 Å². The molecule has 0 unspecified atom stereocenters. The average molecular weight is 428 g/mol. The van der Waals surface area contributed by atoms with E-state index in [0.717, 1.165) is 28.1 Å². The van der Waals surface area contributed by atoms with E-state index in [-0.39, 0.29) is 5.91 Å². The Morgan fingerprint density at radius 1 is 0.839 bits per heavy atom. The molecule has 1 aromatic heterocycles. The number of nitrogens with zero attached hydrogens (tertiary/aromatic N) is 1. The van der Waals surface area contributed by atoms with E-state index in [1.165, 1.54) is 22.5 Å². The summed E-state index contributed by atoms with van der Waals surface area (Å²) in [6, 6.07) is 22.0. The molecule has 0 aliphatic rings. The molecule has 0 aliphatic carbocycles. The lowest BCUT2D eigenvalue weighted by atomic mass is 10.1. The van der Waals surface area contributed by atoms with Crippen LogP contribution < -0.4 is 10.6 Å². The van der Waals surface area contributed by atoms with Crippen molar-refractivity contribution in [2.75, 3.05) is 10.6 Å². The predicted octanol–water partition coefficient (Wildman–Crippen LogP) is 7.04. The number of carbonyl (C=O) groups is 1. The molecule has 0 saturated heterocycles. The molecule has 2 N–H and O–H groups in total. The highest BCUT2D eigenvalue weighted by Crippen LogP contribution is 2.34. The van der Waals surface area contributed by atoms with Crippen molar-refractivity contribution in [3.63, 3.8) is 0 Å². The molecule has 0 radical (unpaired) electrons. The molecule has 0 fully saturated rings. The molecule has 4 nitrogen and oxygen atoms in total. The quantitative estimate of drug-likeness (QED) is 0.359. The lowest BCUT2D eigenvalue weighted by molar-refractivity contribution is 0.103. The van der Waals surface area contributed by atoms with Crippen molar-refractivity contribution in [1.82, 2.24) is 4.98 Å².